The number of anilines is 1. The molecule has 27 heavy (non-hydrogen) atoms. The Morgan fingerprint density at radius 2 is 1.96 bits per heavy atom. The van der Waals surface area contributed by atoms with Crippen molar-refractivity contribution in [2.24, 2.45) is 11.8 Å². The topological polar surface area (TPSA) is 61.4 Å². The molecule has 5 heteroatoms. The quantitative estimate of drug-likeness (QED) is 0.830. The van der Waals surface area contributed by atoms with Crippen molar-refractivity contribution in [2.75, 3.05) is 25.0 Å². The van der Waals surface area contributed by atoms with Gasteiger partial charge in [-0.3, -0.25) is 9.59 Å². The molecule has 0 aromatic heterocycles. The number of carbonyl (C=O) groups is 2. The summed E-state index contributed by atoms with van der Waals surface area (Å²) in [7, 11) is 0. The third-order valence-corrected chi connectivity index (χ3v) is 6.13. The number of likely N-dealkylation sites (tertiary alicyclic amines) is 1. The first-order chi connectivity index (χ1) is 13.0. The molecule has 0 aliphatic carbocycles. The highest BCUT2D eigenvalue weighted by Gasteiger charge is 2.24. The highest BCUT2D eigenvalue weighted by atomic mass is 16.2. The van der Waals surface area contributed by atoms with Crippen molar-refractivity contribution in [2.45, 2.75) is 58.4 Å². The van der Waals surface area contributed by atoms with E-state index in [1.54, 1.807) is 0 Å². The minimum atomic E-state index is 0.0526. The number of nitrogens with zero attached hydrogens (tertiary/aromatic N) is 1. The largest absolute Gasteiger partial charge is 0.336 e. The summed E-state index contributed by atoms with van der Waals surface area (Å²) in [4.78, 5) is 27.0. The molecule has 3 rings (SSSR count). The van der Waals surface area contributed by atoms with Gasteiger partial charge in [0, 0.05) is 30.3 Å². The number of hydrogen-bond donors (Lipinski definition) is 2. The van der Waals surface area contributed by atoms with E-state index in [2.05, 4.69) is 24.5 Å². The lowest BCUT2D eigenvalue weighted by atomic mass is 9.85. The number of piperidine rings is 2. The van der Waals surface area contributed by atoms with Crippen molar-refractivity contribution in [1.82, 2.24) is 10.2 Å². The Labute approximate surface area is 162 Å². The minimum Gasteiger partial charge on any atom is -0.336 e. The van der Waals surface area contributed by atoms with Gasteiger partial charge in [0.15, 0.2) is 0 Å². The monoisotopic (exact) mass is 371 g/mol. The van der Waals surface area contributed by atoms with Crippen LogP contribution >= 0.6 is 0 Å². The van der Waals surface area contributed by atoms with Crippen LogP contribution in [0.3, 0.4) is 0 Å². The fourth-order valence-corrected chi connectivity index (χ4v) is 4.30. The van der Waals surface area contributed by atoms with E-state index in [4.69, 9.17) is 0 Å². The predicted molar refractivity (Wildman–Crippen MR) is 109 cm³/mol. The van der Waals surface area contributed by atoms with E-state index in [0.29, 0.717) is 29.9 Å². The fourth-order valence-electron chi connectivity index (χ4n) is 4.30. The third kappa shape index (κ3) is 5.32. The van der Waals surface area contributed by atoms with Gasteiger partial charge < -0.3 is 15.5 Å². The Hall–Kier alpha value is -1.88. The van der Waals surface area contributed by atoms with E-state index in [1.807, 2.05) is 29.2 Å². The molecule has 3 atom stereocenters. The van der Waals surface area contributed by atoms with Gasteiger partial charge in [-0.1, -0.05) is 6.92 Å². The summed E-state index contributed by atoms with van der Waals surface area (Å²) in [6, 6.07) is 7.64. The van der Waals surface area contributed by atoms with E-state index >= 15 is 0 Å². The van der Waals surface area contributed by atoms with Gasteiger partial charge in [-0.15, -0.1) is 0 Å². The van der Waals surface area contributed by atoms with Gasteiger partial charge in [-0.05, 0) is 88.2 Å². The van der Waals surface area contributed by atoms with Crippen LogP contribution in [0.5, 0.6) is 0 Å². The summed E-state index contributed by atoms with van der Waals surface area (Å²) in [6.45, 7) is 7.23. The van der Waals surface area contributed by atoms with Crippen LogP contribution in [0, 0.1) is 11.8 Å². The zero-order valence-corrected chi connectivity index (χ0v) is 16.7. The smallest absolute Gasteiger partial charge is 0.254 e. The SMILES string of the molecule is CC(CC(=O)Nc1ccc(C(=O)N2CCCCC2C)cc1)C1CCCNC1. The summed E-state index contributed by atoms with van der Waals surface area (Å²) < 4.78 is 0. The maximum absolute atomic E-state index is 12.7. The maximum atomic E-state index is 12.7. The van der Waals surface area contributed by atoms with Crippen LogP contribution in [0.1, 0.15) is 62.7 Å². The molecule has 2 aliphatic rings. The Morgan fingerprint density at radius 3 is 2.63 bits per heavy atom. The van der Waals surface area contributed by atoms with Gasteiger partial charge in [0.2, 0.25) is 5.91 Å². The van der Waals surface area contributed by atoms with Crippen LogP contribution < -0.4 is 10.6 Å². The molecule has 5 nitrogen and oxygen atoms in total. The van der Waals surface area contributed by atoms with Gasteiger partial charge in [-0.25, -0.2) is 0 Å². The first-order valence-electron chi connectivity index (χ1n) is 10.5. The van der Waals surface area contributed by atoms with E-state index in [0.717, 1.165) is 38.2 Å². The molecular weight excluding hydrogens is 338 g/mol. The molecule has 2 heterocycles. The van der Waals surface area contributed by atoms with Crippen LogP contribution in [0.4, 0.5) is 5.69 Å². The maximum Gasteiger partial charge on any atom is 0.254 e. The molecule has 0 spiro atoms. The summed E-state index contributed by atoms with van der Waals surface area (Å²) >= 11 is 0. The van der Waals surface area contributed by atoms with Gasteiger partial charge >= 0.3 is 0 Å². The Morgan fingerprint density at radius 1 is 1.19 bits per heavy atom. The van der Waals surface area contributed by atoms with Crippen LogP contribution in [0.15, 0.2) is 24.3 Å². The average molecular weight is 372 g/mol. The lowest BCUT2D eigenvalue weighted by Gasteiger charge is -2.33. The molecule has 148 valence electrons. The molecule has 1 aromatic carbocycles. The van der Waals surface area contributed by atoms with Crippen LogP contribution in [0.25, 0.3) is 0 Å². The molecule has 2 amide bonds. The Kier molecular flexibility index (Phi) is 6.89. The predicted octanol–water partition coefficient (Wildman–Crippen LogP) is 3.67. The minimum absolute atomic E-state index is 0.0526. The van der Waals surface area contributed by atoms with Crippen molar-refractivity contribution in [3.8, 4) is 0 Å². The average Bonchev–Trinajstić information content (AvgIpc) is 2.69. The second kappa shape index (κ2) is 9.36. The number of rotatable bonds is 5. The van der Waals surface area contributed by atoms with Crippen molar-refractivity contribution >= 4 is 17.5 Å². The molecule has 0 radical (unpaired) electrons. The molecule has 0 saturated carbocycles. The molecule has 2 saturated heterocycles. The van der Waals surface area contributed by atoms with E-state index in [1.165, 1.54) is 19.3 Å². The molecule has 2 fully saturated rings. The van der Waals surface area contributed by atoms with Crippen molar-refractivity contribution in [1.29, 1.82) is 0 Å². The van der Waals surface area contributed by atoms with Gasteiger partial charge in [0.1, 0.15) is 0 Å². The zero-order chi connectivity index (χ0) is 19.2. The van der Waals surface area contributed by atoms with E-state index in [9.17, 15) is 9.59 Å². The summed E-state index contributed by atoms with van der Waals surface area (Å²) in [5, 5.41) is 6.40. The summed E-state index contributed by atoms with van der Waals surface area (Å²) in [6.07, 6.45) is 6.30. The van der Waals surface area contributed by atoms with Crippen LogP contribution in [-0.2, 0) is 4.79 Å². The van der Waals surface area contributed by atoms with Gasteiger partial charge in [0.05, 0.1) is 0 Å². The number of amides is 2. The first kappa shape index (κ1) is 19.9. The third-order valence-electron chi connectivity index (χ3n) is 6.13. The molecule has 1 aromatic rings. The number of carbonyl (C=O) groups excluding carboxylic acids is 2. The first-order valence-corrected chi connectivity index (χ1v) is 10.5. The summed E-state index contributed by atoms with van der Waals surface area (Å²) in [5.41, 5.74) is 1.46. The number of hydrogen-bond acceptors (Lipinski definition) is 3. The second-order valence-electron chi connectivity index (χ2n) is 8.26. The Balaban J connectivity index is 1.52. The van der Waals surface area contributed by atoms with Crippen molar-refractivity contribution in [3.05, 3.63) is 29.8 Å². The van der Waals surface area contributed by atoms with Crippen LogP contribution in [-0.4, -0.2) is 42.4 Å². The second-order valence-corrected chi connectivity index (χ2v) is 8.26. The van der Waals surface area contributed by atoms with Crippen molar-refractivity contribution < 1.29 is 9.59 Å². The highest BCUT2D eigenvalue weighted by Crippen LogP contribution is 2.23. The Bertz CT molecular complexity index is 637. The van der Waals surface area contributed by atoms with Crippen LogP contribution in [0.2, 0.25) is 0 Å². The molecule has 0 bridgehead atoms. The van der Waals surface area contributed by atoms with Crippen molar-refractivity contribution in [3.63, 3.8) is 0 Å². The van der Waals surface area contributed by atoms with E-state index < -0.39 is 0 Å². The number of nitrogens with one attached hydrogen (secondary N) is 2. The fraction of sp³-hybridized carbons (Fsp3) is 0.636. The molecule has 2 N–H and O–H groups in total. The summed E-state index contributed by atoms with van der Waals surface area (Å²) in [5.74, 6) is 1.10. The lowest BCUT2D eigenvalue weighted by molar-refractivity contribution is -0.117. The standard InChI is InChI=1S/C22H33N3O2/c1-16(19-7-5-12-23-15-19)14-21(26)24-20-10-8-18(9-11-20)22(27)25-13-4-3-6-17(25)2/h8-11,16-17,19,23H,3-7,12-15H2,1-2H3,(H,24,26). The molecular formula is C22H33N3O2. The number of benzene rings is 1. The molecule has 2 aliphatic heterocycles. The van der Waals surface area contributed by atoms with Gasteiger partial charge in [-0.2, -0.15) is 0 Å². The lowest BCUT2D eigenvalue weighted by Crippen LogP contribution is -2.42. The van der Waals surface area contributed by atoms with E-state index in [-0.39, 0.29) is 11.8 Å². The van der Waals surface area contributed by atoms with Gasteiger partial charge in [0.25, 0.3) is 5.91 Å². The highest BCUT2D eigenvalue weighted by molar-refractivity contribution is 5.96. The normalized spacial score (nSPS) is 24.3. The molecule has 3 unspecified atom stereocenters. The zero-order valence-electron chi connectivity index (χ0n) is 16.7.